The van der Waals surface area contributed by atoms with Crippen molar-refractivity contribution in [2.75, 3.05) is 29.1 Å². The number of rotatable bonds is 10. The first-order valence-electron chi connectivity index (χ1n) is 14.6. The van der Waals surface area contributed by atoms with E-state index in [9.17, 15) is 9.90 Å². The van der Waals surface area contributed by atoms with Crippen LogP contribution in [0.5, 0.6) is 0 Å². The van der Waals surface area contributed by atoms with Crippen LogP contribution in [0.3, 0.4) is 0 Å². The fourth-order valence-corrected chi connectivity index (χ4v) is 6.04. The average Bonchev–Trinajstić information content (AvgIpc) is 2.89. The van der Waals surface area contributed by atoms with Crippen LogP contribution in [-0.4, -0.2) is 50.2 Å². The molecule has 206 valence electrons. The van der Waals surface area contributed by atoms with Gasteiger partial charge < -0.3 is 21.2 Å². The molecule has 5 rings (SSSR count). The summed E-state index contributed by atoms with van der Waals surface area (Å²) in [6.45, 7) is 6.17. The molecule has 2 saturated carbocycles. The number of hydrogen-bond acceptors (Lipinski definition) is 8. The third kappa shape index (κ3) is 6.37. The van der Waals surface area contributed by atoms with E-state index in [-0.39, 0.29) is 17.9 Å². The van der Waals surface area contributed by atoms with Crippen molar-refractivity contribution in [2.45, 2.75) is 90.1 Å². The number of carboxylic acids is 1. The molecule has 0 aromatic carbocycles. The Bertz CT molecular complexity index is 1070. The molecule has 0 spiro atoms. The number of piperidine rings is 1. The molecule has 3 fully saturated rings. The van der Waals surface area contributed by atoms with Crippen molar-refractivity contribution >= 4 is 23.3 Å². The van der Waals surface area contributed by atoms with Crippen LogP contribution >= 0.6 is 0 Å². The van der Waals surface area contributed by atoms with Gasteiger partial charge in [-0.25, -0.2) is 19.8 Å². The number of anilines is 3. The zero-order chi connectivity index (χ0) is 26.5. The Hall–Kier alpha value is -2.94. The molecule has 1 unspecified atom stereocenters. The molecule has 1 saturated heterocycles. The lowest BCUT2D eigenvalue weighted by Crippen LogP contribution is -2.39. The number of carboxylic acid groups (broad SMARTS) is 1. The van der Waals surface area contributed by atoms with Crippen molar-refractivity contribution in [3.05, 3.63) is 35.9 Å². The standard InChI is InChI=1S/C29H43N7O2/c1-19-12-14-21(15-13-19)18-31-25-26(32-20(2)22-8-7-9-22)33-28(29(37)38)34-27(25)35-36-17-6-4-11-24(36)23-10-3-5-16-30-23/h3,5,10,16,19-22,24,31H,4,6-9,11-15,17-18H2,1-2H3,(H,37,38)(H2,32,33,34,35)/t19?,20-,21?,24?/m1/s1. The summed E-state index contributed by atoms with van der Waals surface area (Å²) >= 11 is 0. The zero-order valence-corrected chi connectivity index (χ0v) is 22.8. The molecule has 2 aliphatic carbocycles. The second-order valence-corrected chi connectivity index (χ2v) is 11.6. The van der Waals surface area contributed by atoms with Crippen molar-refractivity contribution in [1.29, 1.82) is 0 Å². The number of hydrazine groups is 1. The summed E-state index contributed by atoms with van der Waals surface area (Å²) in [5.41, 5.74) is 5.31. The summed E-state index contributed by atoms with van der Waals surface area (Å²) in [5.74, 6) is 1.75. The minimum Gasteiger partial charge on any atom is -0.475 e. The number of nitrogens with one attached hydrogen (secondary N) is 3. The molecule has 0 radical (unpaired) electrons. The number of hydrogen-bond donors (Lipinski definition) is 4. The Kier molecular flexibility index (Phi) is 8.61. The highest BCUT2D eigenvalue weighted by Crippen LogP contribution is 2.37. The molecule has 1 aliphatic heterocycles. The number of nitrogens with zero attached hydrogens (tertiary/aromatic N) is 4. The summed E-state index contributed by atoms with van der Waals surface area (Å²) in [4.78, 5) is 25.8. The van der Waals surface area contributed by atoms with Gasteiger partial charge in [0.05, 0.1) is 11.7 Å². The van der Waals surface area contributed by atoms with E-state index in [1.807, 2.05) is 18.3 Å². The molecule has 9 nitrogen and oxygen atoms in total. The van der Waals surface area contributed by atoms with Crippen LogP contribution in [0.1, 0.15) is 100 Å². The summed E-state index contributed by atoms with van der Waals surface area (Å²) in [5, 5.41) is 19.3. The molecule has 4 N–H and O–H groups in total. The van der Waals surface area contributed by atoms with Gasteiger partial charge >= 0.3 is 5.97 Å². The van der Waals surface area contributed by atoms with Crippen LogP contribution in [0, 0.1) is 17.8 Å². The largest absolute Gasteiger partial charge is 0.475 e. The smallest absolute Gasteiger partial charge is 0.374 e. The highest BCUT2D eigenvalue weighted by Gasteiger charge is 2.30. The molecule has 2 atom stereocenters. The maximum Gasteiger partial charge on any atom is 0.374 e. The fourth-order valence-electron chi connectivity index (χ4n) is 6.04. The van der Waals surface area contributed by atoms with E-state index in [0.717, 1.165) is 49.7 Å². The maximum absolute atomic E-state index is 12.1. The van der Waals surface area contributed by atoms with Crippen molar-refractivity contribution in [3.63, 3.8) is 0 Å². The second-order valence-electron chi connectivity index (χ2n) is 11.6. The van der Waals surface area contributed by atoms with Crippen molar-refractivity contribution < 1.29 is 9.90 Å². The Labute approximate surface area is 226 Å². The average molecular weight is 522 g/mol. The van der Waals surface area contributed by atoms with Crippen molar-refractivity contribution in [1.82, 2.24) is 20.0 Å². The lowest BCUT2D eigenvalue weighted by molar-refractivity contribution is 0.0683. The summed E-state index contributed by atoms with van der Waals surface area (Å²) in [6.07, 6.45) is 13.6. The molecule has 3 aliphatic rings. The molecular formula is C29H43N7O2. The highest BCUT2D eigenvalue weighted by atomic mass is 16.4. The topological polar surface area (TPSA) is 115 Å². The molecule has 9 heteroatoms. The van der Waals surface area contributed by atoms with E-state index >= 15 is 0 Å². The maximum atomic E-state index is 12.1. The van der Waals surface area contributed by atoms with Gasteiger partial charge in [-0.3, -0.25) is 4.98 Å². The lowest BCUT2D eigenvalue weighted by atomic mass is 9.80. The van der Waals surface area contributed by atoms with E-state index in [2.05, 4.69) is 55.9 Å². The predicted octanol–water partition coefficient (Wildman–Crippen LogP) is 5.96. The molecule has 2 aromatic rings. The van der Waals surface area contributed by atoms with Crippen molar-refractivity contribution in [3.8, 4) is 0 Å². The first-order chi connectivity index (χ1) is 18.5. The van der Waals surface area contributed by atoms with E-state index in [1.165, 1.54) is 44.9 Å². The van der Waals surface area contributed by atoms with Gasteiger partial charge in [0, 0.05) is 25.3 Å². The van der Waals surface area contributed by atoms with Crippen LogP contribution in [0.2, 0.25) is 0 Å². The number of aromatic nitrogens is 3. The van der Waals surface area contributed by atoms with Gasteiger partial charge in [0.25, 0.3) is 0 Å². The first-order valence-corrected chi connectivity index (χ1v) is 14.6. The first kappa shape index (κ1) is 26.7. The van der Waals surface area contributed by atoms with E-state index in [0.29, 0.717) is 23.5 Å². The third-order valence-electron chi connectivity index (χ3n) is 8.81. The zero-order valence-electron chi connectivity index (χ0n) is 22.8. The molecule has 38 heavy (non-hydrogen) atoms. The fraction of sp³-hybridized carbons (Fsp3) is 0.655. The molecule has 2 aromatic heterocycles. The molecule has 0 bridgehead atoms. The SMILES string of the molecule is CC1CCC(CNc2c(N[C@H](C)C3CCC3)nc(C(=O)O)nc2NN2CCCCC2c2ccccn2)CC1. The highest BCUT2D eigenvalue weighted by molar-refractivity contribution is 5.87. The van der Waals surface area contributed by atoms with Crippen LogP contribution in [0.4, 0.5) is 17.3 Å². The van der Waals surface area contributed by atoms with E-state index in [4.69, 9.17) is 0 Å². The van der Waals surface area contributed by atoms with Gasteiger partial charge in [-0.2, -0.15) is 0 Å². The van der Waals surface area contributed by atoms with Crippen molar-refractivity contribution in [2.24, 2.45) is 17.8 Å². The number of aromatic carboxylic acids is 1. The van der Waals surface area contributed by atoms with Gasteiger partial charge in [0.1, 0.15) is 5.69 Å². The Morgan fingerprint density at radius 1 is 1.05 bits per heavy atom. The van der Waals surface area contributed by atoms with Crippen LogP contribution in [-0.2, 0) is 0 Å². The van der Waals surface area contributed by atoms with Gasteiger partial charge in [-0.05, 0) is 75.3 Å². The quantitative estimate of drug-likeness (QED) is 0.300. The van der Waals surface area contributed by atoms with E-state index in [1.54, 1.807) is 0 Å². The number of pyridine rings is 1. The normalized spacial score (nSPS) is 25.3. The van der Waals surface area contributed by atoms with Gasteiger partial charge in [-0.15, -0.1) is 0 Å². The predicted molar refractivity (Wildman–Crippen MR) is 150 cm³/mol. The van der Waals surface area contributed by atoms with Gasteiger partial charge in [0.15, 0.2) is 11.6 Å². The molecular weight excluding hydrogens is 478 g/mol. The molecule has 3 heterocycles. The summed E-state index contributed by atoms with van der Waals surface area (Å²) in [7, 11) is 0. The summed E-state index contributed by atoms with van der Waals surface area (Å²) in [6, 6.07) is 6.31. The van der Waals surface area contributed by atoms with Gasteiger partial charge in [-0.1, -0.05) is 38.7 Å². The Morgan fingerprint density at radius 3 is 2.53 bits per heavy atom. The molecule has 0 amide bonds. The lowest BCUT2D eigenvalue weighted by Gasteiger charge is -2.37. The monoisotopic (exact) mass is 521 g/mol. The Morgan fingerprint density at radius 2 is 1.84 bits per heavy atom. The third-order valence-corrected chi connectivity index (χ3v) is 8.81. The van der Waals surface area contributed by atoms with Crippen LogP contribution in [0.25, 0.3) is 0 Å². The van der Waals surface area contributed by atoms with Crippen LogP contribution in [0.15, 0.2) is 24.4 Å². The second kappa shape index (κ2) is 12.3. The Balaban J connectivity index is 1.45. The van der Waals surface area contributed by atoms with Crippen LogP contribution < -0.4 is 16.1 Å². The minimum absolute atomic E-state index is 0.0891. The number of carbonyl (C=O) groups is 1. The minimum atomic E-state index is -1.12. The van der Waals surface area contributed by atoms with E-state index < -0.39 is 5.97 Å². The summed E-state index contributed by atoms with van der Waals surface area (Å²) < 4.78 is 0. The van der Waals surface area contributed by atoms with Gasteiger partial charge in [0.2, 0.25) is 5.82 Å².